The lowest BCUT2D eigenvalue weighted by molar-refractivity contribution is -0.143. The van der Waals surface area contributed by atoms with Gasteiger partial charge in [-0.05, 0) is 222 Å². The van der Waals surface area contributed by atoms with Crippen LogP contribution in [0.5, 0.6) is 0 Å². The Morgan fingerprint density at radius 1 is 0.577 bits per heavy atom. The second kappa shape index (κ2) is 53.1. The summed E-state index contributed by atoms with van der Waals surface area (Å²) in [7, 11) is 0. The number of nitrogens with two attached hydrogens (primary N) is 5. The van der Waals surface area contributed by atoms with Gasteiger partial charge >= 0.3 is 6.09 Å². The number of H-pyrrole nitrogens is 1. The number of likely N-dealkylation sites (tertiary alicyclic amines) is 2. The van der Waals surface area contributed by atoms with Gasteiger partial charge in [0.1, 0.15) is 73.2 Å². The van der Waals surface area contributed by atoms with Crippen LogP contribution in [0.3, 0.4) is 0 Å². The highest BCUT2D eigenvalue weighted by Gasteiger charge is 2.60. The first kappa shape index (κ1) is 108. The third kappa shape index (κ3) is 30.9. The number of hydrogen-bond donors (Lipinski definition) is 17. The number of amides is 13. The standard InChI is InChI=1S/C101H153N21O14S/c1-62(2)25-19-26-64(5)72-40-41-73-71-39-38-68-58-69(42-45-100(68,6)74(71)43-46-101(72,73)7)136-99(135)110-51-24-50-108-86(124)61-113-112-60-85(123)107-48-20-34-77(88(104)125)114-95(132)87(63(3)4)120-94(131)84-37-23-53-122(84)97(134)79(33-17-18-47-102)116-91(128)80(55-65-27-11-9-12-28-65)117-92(129)82(57-67-59-111-76-32-16-15-31-70(67)76)118-89(126)78(35-21-49-109-98(105)106)115-90(127)81(56-66-29-13-10-14-30-66)119-93(130)83-36-22-52-121(83)96(133)75(103)44-54-137-8/h9-16,27-32,38,59,61-64,69,71-75,77-84,87,111-112H,17-26,33-37,39-58,60,102-103H2,1-8H3,(H2,104,125)(H,107,123)(H,108,124)(H,110,135)(H,114,132)(H,115,127)(H,116,128)(H,117,129)(H,118,126)(H,119,130)(H,120,131)(H4,105,106,109)/b113-61+/t64-,69+,71+,72-,73+,74+,75+,77+,78+,79+,80+,81-,82-,83+,84+,87+,100+,101-/m1/s1. The summed E-state index contributed by atoms with van der Waals surface area (Å²) < 4.78 is 5.98. The van der Waals surface area contributed by atoms with Gasteiger partial charge in [0.15, 0.2) is 5.96 Å². The van der Waals surface area contributed by atoms with Crippen LogP contribution in [0, 0.1) is 52.3 Å². The molecule has 1 aromatic heterocycles. The van der Waals surface area contributed by atoms with E-state index in [1.165, 1.54) is 60.3 Å². The number of primary amides is 1. The maximum atomic E-state index is 15.5. The van der Waals surface area contributed by atoms with Crippen molar-refractivity contribution in [2.45, 2.75) is 288 Å². The molecule has 35 nitrogen and oxygen atoms in total. The number of carbonyl (C=O) groups excluding carboxylic acids is 13. The first-order valence-electron chi connectivity index (χ1n) is 49.8. The third-order valence-corrected chi connectivity index (χ3v) is 29.8. The number of carbonyl (C=O) groups is 13. The Bertz CT molecular complexity index is 4800. The van der Waals surface area contributed by atoms with E-state index in [9.17, 15) is 43.2 Å². The van der Waals surface area contributed by atoms with Crippen LogP contribution < -0.4 is 87.3 Å². The largest absolute Gasteiger partial charge is 0.446 e. The molecule has 0 radical (unpaired) electrons. The van der Waals surface area contributed by atoms with E-state index >= 15 is 19.2 Å². The maximum Gasteiger partial charge on any atom is 0.407 e. The van der Waals surface area contributed by atoms with E-state index in [2.05, 4.69) is 114 Å². The van der Waals surface area contributed by atoms with Gasteiger partial charge in [0, 0.05) is 82.1 Å². The van der Waals surface area contributed by atoms with Crippen molar-refractivity contribution >= 4 is 112 Å². The first-order chi connectivity index (χ1) is 65.7. The Morgan fingerprint density at radius 3 is 1.82 bits per heavy atom. The molecule has 18 atom stereocenters. The molecule has 10 rings (SSSR count). The van der Waals surface area contributed by atoms with E-state index in [1.54, 1.807) is 92.5 Å². The number of hydrazone groups is 1. The van der Waals surface area contributed by atoms with Crippen molar-refractivity contribution in [3.63, 3.8) is 0 Å². The zero-order valence-electron chi connectivity index (χ0n) is 81.5. The lowest BCUT2D eigenvalue weighted by atomic mass is 9.47. The van der Waals surface area contributed by atoms with Crippen LogP contribution >= 0.6 is 11.8 Å². The number of unbranched alkanes of at least 4 members (excludes halogenated alkanes) is 1. The highest BCUT2D eigenvalue weighted by molar-refractivity contribution is 7.98. The van der Waals surface area contributed by atoms with Gasteiger partial charge in [-0.15, -0.1) is 0 Å². The highest BCUT2D eigenvalue weighted by Crippen LogP contribution is 2.67. The van der Waals surface area contributed by atoms with Gasteiger partial charge in [0.05, 0.1) is 6.04 Å². The monoisotopic (exact) mass is 1920 g/mol. The second-order valence-electron chi connectivity index (χ2n) is 39.7. The summed E-state index contributed by atoms with van der Waals surface area (Å²) >= 11 is 1.54. The zero-order chi connectivity index (χ0) is 98.9. The van der Waals surface area contributed by atoms with Crippen LogP contribution in [0.25, 0.3) is 10.9 Å². The summed E-state index contributed by atoms with van der Waals surface area (Å²) in [5, 5.41) is 32.8. The molecule has 6 aliphatic rings. The summed E-state index contributed by atoms with van der Waals surface area (Å²) in [6.45, 7) is 16.6. The number of alkyl carbamates (subject to hydrolysis) is 1. The van der Waals surface area contributed by atoms with Crippen molar-refractivity contribution < 1.29 is 67.1 Å². The van der Waals surface area contributed by atoms with Crippen LogP contribution in [-0.4, -0.2) is 235 Å². The van der Waals surface area contributed by atoms with E-state index in [-0.39, 0.29) is 120 Å². The number of benzene rings is 3. The van der Waals surface area contributed by atoms with Gasteiger partial charge in [0.25, 0.3) is 5.91 Å². The summed E-state index contributed by atoms with van der Waals surface area (Å²) in [5.41, 5.74) is 36.8. The molecule has 137 heavy (non-hydrogen) atoms. The van der Waals surface area contributed by atoms with Crippen molar-refractivity contribution in [3.05, 3.63) is 119 Å². The second-order valence-corrected chi connectivity index (χ2v) is 40.6. The Balaban J connectivity index is 0.701. The van der Waals surface area contributed by atoms with E-state index < -0.39 is 137 Å². The summed E-state index contributed by atoms with van der Waals surface area (Å²) in [5.74, 6) is -3.67. The van der Waals surface area contributed by atoms with E-state index in [4.69, 9.17) is 33.4 Å². The number of aromatic nitrogens is 1. The van der Waals surface area contributed by atoms with Gasteiger partial charge in [-0.25, -0.2) is 4.79 Å². The number of nitrogens with zero attached hydrogens (tertiary/aromatic N) is 4. The minimum atomic E-state index is -1.47. The minimum Gasteiger partial charge on any atom is -0.446 e. The smallest absolute Gasteiger partial charge is 0.407 e. The SMILES string of the molecule is CSCC[C@H](N)C(=O)N1CCC[C@H]1C(=O)N[C@H](Cc1ccccc1)C(=O)N[C@@H](CCCN=C(N)N)C(=O)N[C@H](Cc1c[nH]c2ccccc12)C(=O)N[C@@H](Cc1ccccc1)C(=O)N[C@@H](CCCCN)C(=O)N1CCC[C@H]1C(=O)N[C@H](C(=O)N[C@@H](CCCNC(=O)CN/N=C/C(=O)NCCCNC(=O)O[C@H]1CC[C@@]2(C)C(=CC[C@H]3[C@@H]4CC[C@H]([C@H](C)CCCC(C)C)[C@@]4(C)CC[C@@H]32)C1)C(N)=O)C(C)C. The Morgan fingerprint density at radius 2 is 1.17 bits per heavy atom. The number of thioether (sulfide) groups is 1. The fraction of sp³-hybridized carbons (Fsp3) is 0.634. The Kier molecular flexibility index (Phi) is 41.8. The maximum absolute atomic E-state index is 15.5. The van der Waals surface area contributed by atoms with Crippen molar-refractivity contribution in [2.24, 2.45) is 91.0 Å². The molecule has 0 spiro atoms. The van der Waals surface area contributed by atoms with Gasteiger partial charge in [-0.3, -0.25) is 62.5 Å². The molecule has 4 aliphatic carbocycles. The molecule has 3 heterocycles. The summed E-state index contributed by atoms with van der Waals surface area (Å²) in [4.78, 5) is 195. The van der Waals surface area contributed by atoms with Crippen molar-refractivity contribution in [1.82, 2.24) is 73.4 Å². The van der Waals surface area contributed by atoms with Crippen molar-refractivity contribution in [3.8, 4) is 0 Å². The topological polar surface area (TPSA) is 541 Å². The number of nitrogens with one attached hydrogen (secondary N) is 12. The molecule has 0 unspecified atom stereocenters. The number of fused-ring (bicyclic) bond motifs is 6. The number of para-hydroxylation sites is 1. The lowest BCUT2D eigenvalue weighted by Gasteiger charge is -2.58. The van der Waals surface area contributed by atoms with E-state index in [0.717, 1.165) is 72.4 Å². The molecule has 13 amide bonds. The molecule has 2 saturated heterocycles. The fourth-order valence-electron chi connectivity index (χ4n) is 21.7. The summed E-state index contributed by atoms with van der Waals surface area (Å²) in [6, 6.07) is 12.8. The van der Waals surface area contributed by atoms with Crippen LogP contribution in [0.15, 0.2) is 113 Å². The Labute approximate surface area is 811 Å². The van der Waals surface area contributed by atoms with E-state index in [0.29, 0.717) is 91.8 Å². The number of ether oxygens (including phenoxy) is 1. The number of hydrogen-bond acceptors (Lipinski definition) is 20. The molecule has 3 aromatic carbocycles. The number of guanidine groups is 1. The predicted molar refractivity (Wildman–Crippen MR) is 531 cm³/mol. The molecular formula is C101H153N21O14S. The molecular weight excluding hydrogens is 1760 g/mol. The molecule has 5 fully saturated rings. The van der Waals surface area contributed by atoms with Gasteiger partial charge in [0.2, 0.25) is 65.0 Å². The first-order valence-corrected chi connectivity index (χ1v) is 51.2. The molecule has 22 N–H and O–H groups in total. The molecule has 0 bridgehead atoms. The van der Waals surface area contributed by atoms with Gasteiger partial charge in [-0.1, -0.05) is 158 Å². The van der Waals surface area contributed by atoms with Crippen LogP contribution in [-0.2, 0) is 81.5 Å². The highest BCUT2D eigenvalue weighted by atomic mass is 32.2. The third-order valence-electron chi connectivity index (χ3n) is 29.2. The van der Waals surface area contributed by atoms with Gasteiger partial charge in [-0.2, -0.15) is 16.9 Å². The molecule has 3 saturated carbocycles. The number of rotatable bonds is 53. The van der Waals surface area contributed by atoms with Crippen LogP contribution in [0.4, 0.5) is 4.79 Å². The number of allylic oxidation sites excluding steroid dienone is 1. The average Bonchev–Trinajstić information content (AvgIpc) is 1.64. The summed E-state index contributed by atoms with van der Waals surface area (Å²) in [6.07, 6.45) is 22.6. The lowest BCUT2D eigenvalue weighted by Crippen LogP contribution is -2.61. The fourth-order valence-corrected chi connectivity index (χ4v) is 22.2. The number of aromatic amines is 1. The minimum absolute atomic E-state index is 0.00443. The molecule has 2 aliphatic heterocycles. The van der Waals surface area contributed by atoms with Crippen LogP contribution in [0.1, 0.15) is 219 Å². The number of aliphatic imine (C=N–C) groups is 1. The predicted octanol–water partition coefficient (Wildman–Crippen LogP) is 6.09. The molecule has 4 aromatic rings. The van der Waals surface area contributed by atoms with Crippen molar-refractivity contribution in [1.29, 1.82) is 0 Å². The van der Waals surface area contributed by atoms with E-state index in [1.807, 2.05) is 30.5 Å². The van der Waals surface area contributed by atoms with Gasteiger partial charge < -0.3 is 107 Å². The van der Waals surface area contributed by atoms with Crippen LogP contribution in [0.2, 0.25) is 0 Å². The molecule has 36 heteroatoms. The Hall–Kier alpha value is -11.1. The average molecular weight is 1920 g/mol. The molecule has 752 valence electrons. The quantitative estimate of drug-likeness (QED) is 0.00781. The zero-order valence-corrected chi connectivity index (χ0v) is 82.3. The normalized spacial score (nSPS) is 22.5. The van der Waals surface area contributed by atoms with Crippen molar-refractivity contribution in [2.75, 3.05) is 64.4 Å².